The van der Waals surface area contributed by atoms with E-state index in [0.717, 1.165) is 19.7 Å². The summed E-state index contributed by atoms with van der Waals surface area (Å²) in [7, 11) is 4.15. The quantitative estimate of drug-likeness (QED) is 0.766. The highest BCUT2D eigenvalue weighted by Crippen LogP contribution is 2.17. The van der Waals surface area contributed by atoms with E-state index in [4.69, 9.17) is 4.74 Å². The number of likely N-dealkylation sites (N-methyl/N-ethyl adjacent to an activating group) is 2. The van der Waals surface area contributed by atoms with Gasteiger partial charge in [0.1, 0.15) is 0 Å². The summed E-state index contributed by atoms with van der Waals surface area (Å²) in [5.74, 6) is 0. The number of nitrogens with zero attached hydrogens (tertiary/aromatic N) is 1. The largest absolute Gasteiger partial charge is 0.377 e. The summed E-state index contributed by atoms with van der Waals surface area (Å²) in [6.07, 6.45) is 0.304. The second-order valence-electron chi connectivity index (χ2n) is 4.88. The fourth-order valence-corrected chi connectivity index (χ4v) is 1.98. The van der Waals surface area contributed by atoms with Gasteiger partial charge >= 0.3 is 0 Å². The van der Waals surface area contributed by atoms with Gasteiger partial charge in [-0.2, -0.15) is 0 Å². The molecule has 0 fully saturated rings. The lowest BCUT2D eigenvalue weighted by molar-refractivity contribution is 0.0558. The molecule has 0 heterocycles. The van der Waals surface area contributed by atoms with Crippen LogP contribution in [0.15, 0.2) is 30.3 Å². The van der Waals surface area contributed by atoms with Crippen LogP contribution in [0.1, 0.15) is 25.5 Å². The van der Waals surface area contributed by atoms with E-state index in [9.17, 15) is 0 Å². The number of hydrogen-bond donors (Lipinski definition) is 1. The predicted octanol–water partition coefficient (Wildman–Crippen LogP) is 2.30. The van der Waals surface area contributed by atoms with Gasteiger partial charge in [-0.3, -0.25) is 4.90 Å². The highest BCUT2D eigenvalue weighted by Gasteiger charge is 2.15. The minimum absolute atomic E-state index is 0.304. The molecule has 0 saturated heterocycles. The molecular weight excluding hydrogens is 224 g/mol. The standard InChI is InChI=1S/C15H26N2O/c1-13(2)18-11-10-17(4)15(12-16-3)14-8-6-5-7-9-14/h5-9,13,15-16H,10-12H2,1-4H3. The predicted molar refractivity (Wildman–Crippen MR) is 76.8 cm³/mol. The summed E-state index contributed by atoms with van der Waals surface area (Å²) in [6, 6.07) is 11.0. The third kappa shape index (κ3) is 5.17. The van der Waals surface area contributed by atoms with Gasteiger partial charge in [0.25, 0.3) is 0 Å². The van der Waals surface area contributed by atoms with Crippen LogP contribution >= 0.6 is 0 Å². The fourth-order valence-electron chi connectivity index (χ4n) is 1.98. The Hall–Kier alpha value is -0.900. The Morgan fingerprint density at radius 2 is 1.89 bits per heavy atom. The molecule has 0 aromatic heterocycles. The molecule has 1 aromatic carbocycles. The molecule has 0 amide bonds. The van der Waals surface area contributed by atoms with Gasteiger partial charge in [-0.1, -0.05) is 30.3 Å². The SMILES string of the molecule is CNCC(c1ccccc1)N(C)CCOC(C)C. The molecule has 3 nitrogen and oxygen atoms in total. The molecular formula is C15H26N2O. The zero-order valence-electron chi connectivity index (χ0n) is 12.0. The van der Waals surface area contributed by atoms with Crippen molar-refractivity contribution in [3.8, 4) is 0 Å². The Morgan fingerprint density at radius 1 is 1.22 bits per heavy atom. The minimum atomic E-state index is 0.304. The van der Waals surface area contributed by atoms with E-state index in [0.29, 0.717) is 12.1 Å². The van der Waals surface area contributed by atoms with Gasteiger partial charge < -0.3 is 10.1 Å². The summed E-state index contributed by atoms with van der Waals surface area (Å²) in [5, 5.41) is 3.26. The normalized spacial score (nSPS) is 13.2. The van der Waals surface area contributed by atoms with E-state index in [1.54, 1.807) is 0 Å². The summed E-state index contributed by atoms with van der Waals surface area (Å²) >= 11 is 0. The van der Waals surface area contributed by atoms with Crippen molar-refractivity contribution in [1.29, 1.82) is 0 Å². The van der Waals surface area contributed by atoms with Gasteiger partial charge in [0.05, 0.1) is 12.7 Å². The minimum Gasteiger partial charge on any atom is -0.377 e. The van der Waals surface area contributed by atoms with Crippen LogP contribution in [0, 0.1) is 0 Å². The zero-order valence-corrected chi connectivity index (χ0v) is 12.0. The molecule has 0 aliphatic heterocycles. The highest BCUT2D eigenvalue weighted by molar-refractivity contribution is 5.19. The smallest absolute Gasteiger partial charge is 0.0597 e. The van der Waals surface area contributed by atoms with E-state index < -0.39 is 0 Å². The molecule has 102 valence electrons. The molecule has 1 N–H and O–H groups in total. The van der Waals surface area contributed by atoms with Crippen molar-refractivity contribution in [1.82, 2.24) is 10.2 Å². The maximum Gasteiger partial charge on any atom is 0.0597 e. The summed E-state index contributed by atoms with van der Waals surface area (Å²) < 4.78 is 5.61. The first-order valence-corrected chi connectivity index (χ1v) is 6.66. The van der Waals surface area contributed by atoms with Gasteiger partial charge in [-0.25, -0.2) is 0 Å². The van der Waals surface area contributed by atoms with Gasteiger partial charge in [0.2, 0.25) is 0 Å². The number of benzene rings is 1. The molecule has 3 heteroatoms. The molecule has 1 unspecified atom stereocenters. The average molecular weight is 250 g/mol. The average Bonchev–Trinajstić information content (AvgIpc) is 2.36. The van der Waals surface area contributed by atoms with Crippen molar-refractivity contribution in [3.05, 3.63) is 35.9 Å². The Labute approximate surface area is 111 Å². The summed E-state index contributed by atoms with van der Waals surface area (Å²) in [4.78, 5) is 2.34. The summed E-state index contributed by atoms with van der Waals surface area (Å²) in [6.45, 7) is 6.81. The molecule has 0 bridgehead atoms. The second-order valence-corrected chi connectivity index (χ2v) is 4.88. The van der Waals surface area contributed by atoms with E-state index in [2.05, 4.69) is 61.4 Å². The van der Waals surface area contributed by atoms with Gasteiger partial charge in [-0.15, -0.1) is 0 Å². The highest BCUT2D eigenvalue weighted by atomic mass is 16.5. The Kier molecular flexibility index (Phi) is 6.94. The Bertz CT molecular complexity index is 314. The van der Waals surface area contributed by atoms with E-state index in [1.165, 1.54) is 5.56 Å². The van der Waals surface area contributed by atoms with Crippen LogP contribution in [0.5, 0.6) is 0 Å². The molecule has 18 heavy (non-hydrogen) atoms. The first kappa shape index (κ1) is 15.2. The topological polar surface area (TPSA) is 24.5 Å². The van der Waals surface area contributed by atoms with E-state index in [1.807, 2.05) is 7.05 Å². The number of nitrogens with one attached hydrogen (secondary N) is 1. The molecule has 1 rings (SSSR count). The van der Waals surface area contributed by atoms with Crippen LogP contribution in [0.2, 0.25) is 0 Å². The van der Waals surface area contributed by atoms with Crippen molar-refractivity contribution >= 4 is 0 Å². The number of hydrogen-bond acceptors (Lipinski definition) is 3. The lowest BCUT2D eigenvalue weighted by Crippen LogP contribution is -2.34. The molecule has 1 aromatic rings. The van der Waals surface area contributed by atoms with Crippen molar-refractivity contribution in [2.75, 3.05) is 33.8 Å². The third-order valence-corrected chi connectivity index (χ3v) is 3.01. The molecule has 0 spiro atoms. The first-order valence-electron chi connectivity index (χ1n) is 6.66. The number of rotatable bonds is 8. The van der Waals surface area contributed by atoms with Crippen molar-refractivity contribution in [2.24, 2.45) is 0 Å². The van der Waals surface area contributed by atoms with Crippen LogP contribution in [-0.2, 0) is 4.74 Å². The Balaban J connectivity index is 2.56. The van der Waals surface area contributed by atoms with E-state index in [-0.39, 0.29) is 0 Å². The van der Waals surface area contributed by atoms with Crippen LogP contribution in [0.25, 0.3) is 0 Å². The lowest BCUT2D eigenvalue weighted by atomic mass is 10.1. The van der Waals surface area contributed by atoms with E-state index >= 15 is 0 Å². The van der Waals surface area contributed by atoms with Crippen LogP contribution < -0.4 is 5.32 Å². The second kappa shape index (κ2) is 8.25. The fraction of sp³-hybridized carbons (Fsp3) is 0.600. The maximum atomic E-state index is 5.61. The van der Waals surface area contributed by atoms with Crippen molar-refractivity contribution in [3.63, 3.8) is 0 Å². The van der Waals surface area contributed by atoms with Crippen LogP contribution in [0.4, 0.5) is 0 Å². The Morgan fingerprint density at radius 3 is 2.44 bits per heavy atom. The third-order valence-electron chi connectivity index (χ3n) is 3.01. The van der Waals surface area contributed by atoms with Crippen LogP contribution in [0.3, 0.4) is 0 Å². The molecule has 0 saturated carbocycles. The maximum absolute atomic E-state index is 5.61. The van der Waals surface area contributed by atoms with Gasteiger partial charge in [0, 0.05) is 19.1 Å². The molecule has 0 aliphatic carbocycles. The molecule has 1 atom stereocenters. The zero-order chi connectivity index (χ0) is 13.4. The van der Waals surface area contributed by atoms with Gasteiger partial charge in [0.15, 0.2) is 0 Å². The van der Waals surface area contributed by atoms with Crippen molar-refractivity contribution in [2.45, 2.75) is 26.0 Å². The molecule has 0 aliphatic rings. The lowest BCUT2D eigenvalue weighted by Gasteiger charge is -2.28. The summed E-state index contributed by atoms with van der Waals surface area (Å²) in [5.41, 5.74) is 1.35. The van der Waals surface area contributed by atoms with Gasteiger partial charge in [-0.05, 0) is 33.5 Å². The van der Waals surface area contributed by atoms with Crippen molar-refractivity contribution < 1.29 is 4.74 Å². The number of ether oxygens (including phenoxy) is 1. The molecule has 0 radical (unpaired) electrons. The monoisotopic (exact) mass is 250 g/mol. The first-order chi connectivity index (χ1) is 8.65. The van der Waals surface area contributed by atoms with Crippen LogP contribution in [-0.4, -0.2) is 44.8 Å².